The first-order valence-electron chi connectivity index (χ1n) is 3.51. The van der Waals surface area contributed by atoms with Crippen molar-refractivity contribution in [3.8, 4) is 0 Å². The molecular weight excluding hydrogens is 174 g/mol. The molecule has 5 heteroatoms. The van der Waals surface area contributed by atoms with Gasteiger partial charge in [-0.15, -0.1) is 0 Å². The number of ether oxygens (including phenoxy) is 1. The van der Waals surface area contributed by atoms with Gasteiger partial charge in [-0.2, -0.15) is 0 Å². The minimum Gasteiger partial charge on any atom is -0.486 e. The molecule has 0 fully saturated rings. The van der Waals surface area contributed by atoms with Gasteiger partial charge in [0.05, 0.1) is 6.26 Å². The molecule has 0 aromatic carbocycles. The largest absolute Gasteiger partial charge is 0.486 e. The van der Waals surface area contributed by atoms with Crippen LogP contribution in [-0.4, -0.2) is 23.6 Å². The zero-order valence-corrected chi connectivity index (χ0v) is 7.19. The fourth-order valence-corrected chi connectivity index (χ4v) is 0.510. The molecule has 0 amide bonds. The van der Waals surface area contributed by atoms with Crippen LogP contribution < -0.4 is 5.73 Å². The maximum absolute atomic E-state index is 11.0. The summed E-state index contributed by atoms with van der Waals surface area (Å²) >= 11 is 0. The lowest BCUT2D eigenvalue weighted by Gasteiger charge is -1.96. The van der Waals surface area contributed by atoms with Crippen LogP contribution in [0.1, 0.15) is 6.92 Å². The van der Waals surface area contributed by atoms with Crippen LogP contribution in [0.2, 0.25) is 0 Å². The summed E-state index contributed by atoms with van der Waals surface area (Å²) in [6.45, 7) is 1.48. The maximum Gasteiger partial charge on any atom is 0.328 e. The number of nitrogens with two attached hydrogens (primary N) is 1. The topological polar surface area (TPSA) is 89.6 Å². The first-order chi connectivity index (χ1) is 6.07. The van der Waals surface area contributed by atoms with E-state index in [-0.39, 0.29) is 6.73 Å². The Hall–Kier alpha value is -1.62. The van der Waals surface area contributed by atoms with E-state index in [2.05, 4.69) is 4.74 Å². The van der Waals surface area contributed by atoms with Gasteiger partial charge in [0.25, 0.3) is 0 Å². The van der Waals surface area contributed by atoms with Gasteiger partial charge >= 0.3 is 5.97 Å². The predicted molar refractivity (Wildman–Crippen MR) is 45.7 cm³/mol. The van der Waals surface area contributed by atoms with E-state index in [1.165, 1.54) is 13.2 Å². The second-order valence-corrected chi connectivity index (χ2v) is 2.17. The fourth-order valence-electron chi connectivity index (χ4n) is 0.510. The van der Waals surface area contributed by atoms with Crippen LogP contribution in [0, 0.1) is 0 Å². The molecule has 0 aromatic heterocycles. The predicted octanol–water partition coefficient (Wildman–Crippen LogP) is 0.0329. The molecule has 0 spiro atoms. The van der Waals surface area contributed by atoms with Crippen molar-refractivity contribution >= 4 is 11.8 Å². The summed E-state index contributed by atoms with van der Waals surface area (Å²) < 4.78 is 4.64. The van der Waals surface area contributed by atoms with Gasteiger partial charge in [-0.3, -0.25) is 10.5 Å². The summed E-state index contributed by atoms with van der Waals surface area (Å²) in [5.41, 5.74) is 5.30. The van der Waals surface area contributed by atoms with Crippen LogP contribution in [0.15, 0.2) is 24.0 Å². The lowest BCUT2D eigenvalue weighted by Crippen LogP contribution is -2.02. The molecule has 0 aliphatic heterocycles. The Morgan fingerprint density at radius 3 is 2.54 bits per heavy atom. The van der Waals surface area contributed by atoms with Crippen molar-refractivity contribution in [2.45, 2.75) is 6.92 Å². The van der Waals surface area contributed by atoms with Gasteiger partial charge in [0.1, 0.15) is 6.73 Å². The van der Waals surface area contributed by atoms with E-state index in [9.17, 15) is 9.59 Å². The Morgan fingerprint density at radius 1 is 1.46 bits per heavy atom. The summed E-state index contributed by atoms with van der Waals surface area (Å²) in [5.74, 6) is -1.59. The van der Waals surface area contributed by atoms with Crippen LogP contribution >= 0.6 is 0 Å². The SMILES string of the molecule is C/C(=C\OCN)C(=O)/C=C/C(=O)O. The molecule has 0 unspecified atom stereocenters. The highest BCUT2D eigenvalue weighted by molar-refractivity contribution is 6.05. The van der Waals surface area contributed by atoms with Crippen molar-refractivity contribution in [3.63, 3.8) is 0 Å². The summed E-state index contributed by atoms with van der Waals surface area (Å²) in [6, 6.07) is 0. The maximum atomic E-state index is 11.0. The summed E-state index contributed by atoms with van der Waals surface area (Å²) in [7, 11) is 0. The zero-order valence-electron chi connectivity index (χ0n) is 7.19. The molecule has 0 rings (SSSR count). The van der Waals surface area contributed by atoms with Crippen molar-refractivity contribution in [1.82, 2.24) is 0 Å². The van der Waals surface area contributed by atoms with E-state index in [4.69, 9.17) is 10.8 Å². The molecule has 0 radical (unpaired) electrons. The van der Waals surface area contributed by atoms with E-state index in [0.717, 1.165) is 12.2 Å². The van der Waals surface area contributed by atoms with Gasteiger partial charge in [-0.05, 0) is 13.0 Å². The number of carbonyl (C=O) groups is 2. The number of ketones is 1. The van der Waals surface area contributed by atoms with Crippen LogP contribution in [0.4, 0.5) is 0 Å². The third-order valence-electron chi connectivity index (χ3n) is 1.12. The highest BCUT2D eigenvalue weighted by Gasteiger charge is 2.00. The van der Waals surface area contributed by atoms with Crippen LogP contribution in [0.5, 0.6) is 0 Å². The second-order valence-electron chi connectivity index (χ2n) is 2.17. The Bertz CT molecular complexity index is 255. The first-order valence-corrected chi connectivity index (χ1v) is 3.51. The normalized spacial score (nSPS) is 11.7. The lowest BCUT2D eigenvalue weighted by atomic mass is 10.2. The van der Waals surface area contributed by atoms with E-state index in [1.54, 1.807) is 0 Å². The molecule has 5 nitrogen and oxygen atoms in total. The van der Waals surface area contributed by atoms with Crippen LogP contribution in [0.25, 0.3) is 0 Å². The van der Waals surface area contributed by atoms with Gasteiger partial charge in [0.15, 0.2) is 5.78 Å². The molecule has 13 heavy (non-hydrogen) atoms. The van der Waals surface area contributed by atoms with Crippen LogP contribution in [0.3, 0.4) is 0 Å². The Labute approximate surface area is 75.5 Å². The molecule has 0 aromatic rings. The van der Waals surface area contributed by atoms with E-state index in [0.29, 0.717) is 5.57 Å². The average Bonchev–Trinajstić information content (AvgIpc) is 2.10. The summed E-state index contributed by atoms with van der Waals surface area (Å²) in [6.07, 6.45) is 2.91. The second kappa shape index (κ2) is 5.96. The van der Waals surface area contributed by atoms with Gasteiger partial charge < -0.3 is 9.84 Å². The molecule has 0 aliphatic rings. The Kier molecular flexibility index (Phi) is 5.22. The van der Waals surface area contributed by atoms with Crippen molar-refractivity contribution < 1.29 is 19.4 Å². The smallest absolute Gasteiger partial charge is 0.328 e. The van der Waals surface area contributed by atoms with Gasteiger partial charge in [0.2, 0.25) is 0 Å². The van der Waals surface area contributed by atoms with Gasteiger partial charge in [0, 0.05) is 11.6 Å². The first kappa shape index (κ1) is 11.4. The van der Waals surface area contributed by atoms with Crippen molar-refractivity contribution in [2.24, 2.45) is 5.73 Å². The minimum atomic E-state index is -1.17. The molecule has 0 heterocycles. The third kappa shape index (κ3) is 5.63. The zero-order chi connectivity index (χ0) is 10.3. The number of hydrogen-bond acceptors (Lipinski definition) is 4. The summed E-state index contributed by atoms with van der Waals surface area (Å²) in [5, 5.41) is 8.21. The van der Waals surface area contributed by atoms with Crippen molar-refractivity contribution in [1.29, 1.82) is 0 Å². The number of carboxylic acids is 1. The number of carbonyl (C=O) groups excluding carboxylic acids is 1. The van der Waals surface area contributed by atoms with Crippen LogP contribution in [-0.2, 0) is 14.3 Å². The van der Waals surface area contributed by atoms with Crippen molar-refractivity contribution in [3.05, 3.63) is 24.0 Å². The Morgan fingerprint density at radius 2 is 2.08 bits per heavy atom. The van der Waals surface area contributed by atoms with Gasteiger partial charge in [-0.25, -0.2) is 4.79 Å². The fraction of sp³-hybridized carbons (Fsp3) is 0.250. The lowest BCUT2D eigenvalue weighted by molar-refractivity contribution is -0.131. The average molecular weight is 185 g/mol. The number of rotatable bonds is 5. The number of carboxylic acid groups (broad SMARTS) is 1. The highest BCUT2D eigenvalue weighted by atomic mass is 16.5. The minimum absolute atomic E-state index is 0.0206. The monoisotopic (exact) mass is 185 g/mol. The number of hydrogen-bond donors (Lipinski definition) is 2. The Balaban J connectivity index is 4.18. The molecule has 0 atom stereocenters. The van der Waals surface area contributed by atoms with Crippen molar-refractivity contribution in [2.75, 3.05) is 6.73 Å². The third-order valence-corrected chi connectivity index (χ3v) is 1.12. The van der Waals surface area contributed by atoms with Gasteiger partial charge in [-0.1, -0.05) is 0 Å². The molecular formula is C8H11NO4. The highest BCUT2D eigenvalue weighted by Crippen LogP contribution is 1.96. The van der Waals surface area contributed by atoms with E-state index >= 15 is 0 Å². The standard InChI is InChI=1S/C8H11NO4/c1-6(4-13-5-9)7(10)2-3-8(11)12/h2-4H,5,9H2,1H3,(H,11,12)/b3-2+,6-4+. The molecule has 72 valence electrons. The molecule has 0 aliphatic carbocycles. The summed E-state index contributed by atoms with van der Waals surface area (Å²) in [4.78, 5) is 21.0. The molecule has 0 saturated heterocycles. The van der Waals surface area contributed by atoms with E-state index < -0.39 is 11.8 Å². The molecule has 3 N–H and O–H groups in total. The number of allylic oxidation sites excluding steroid dienone is 2. The number of aliphatic carboxylic acids is 1. The molecule has 0 saturated carbocycles. The molecule has 0 bridgehead atoms. The quantitative estimate of drug-likeness (QED) is 0.358. The van der Waals surface area contributed by atoms with E-state index in [1.807, 2.05) is 0 Å².